The molecule has 2 aromatic rings. The van der Waals surface area contributed by atoms with Crippen molar-refractivity contribution in [3.05, 3.63) is 6.33 Å². The van der Waals surface area contributed by atoms with Crippen LogP contribution in [-0.2, 0) is 4.74 Å². The van der Waals surface area contributed by atoms with Gasteiger partial charge in [0.15, 0.2) is 23.2 Å². The van der Waals surface area contributed by atoms with Crippen LogP contribution in [0.3, 0.4) is 0 Å². The Morgan fingerprint density at radius 1 is 1.43 bits per heavy atom. The fourth-order valence-electron chi connectivity index (χ4n) is 2.79. The van der Waals surface area contributed by atoms with Crippen LogP contribution < -0.4 is 10.6 Å². The second-order valence-corrected chi connectivity index (χ2v) is 6.00. The number of aliphatic hydroxyl groups is 3. The molecule has 0 radical (unpaired) electrons. The molecular formula is C13H20N6O4. The lowest BCUT2D eigenvalue weighted by Crippen LogP contribution is -2.44. The number of anilines is 2. The van der Waals surface area contributed by atoms with Crippen LogP contribution in [0, 0.1) is 0 Å². The molecule has 1 aliphatic heterocycles. The minimum absolute atomic E-state index is 0.0554. The topological polar surface area (TPSA) is 143 Å². The number of nitrogen functional groups attached to an aromatic ring is 1. The van der Waals surface area contributed by atoms with E-state index in [-0.39, 0.29) is 5.95 Å². The van der Waals surface area contributed by atoms with Crippen LogP contribution in [0.2, 0.25) is 0 Å². The zero-order valence-corrected chi connectivity index (χ0v) is 13.1. The summed E-state index contributed by atoms with van der Waals surface area (Å²) in [5.74, 6) is 0.586. The van der Waals surface area contributed by atoms with Crippen molar-refractivity contribution < 1.29 is 20.1 Å². The van der Waals surface area contributed by atoms with Crippen LogP contribution in [0.25, 0.3) is 11.2 Å². The van der Waals surface area contributed by atoms with Gasteiger partial charge in [-0.15, -0.1) is 0 Å². The van der Waals surface area contributed by atoms with Crippen molar-refractivity contribution in [3.63, 3.8) is 0 Å². The molecule has 4 atom stereocenters. The van der Waals surface area contributed by atoms with Crippen LogP contribution in [-0.4, -0.2) is 73.3 Å². The molecule has 23 heavy (non-hydrogen) atoms. The number of hydrogen-bond acceptors (Lipinski definition) is 9. The molecule has 0 saturated carbocycles. The maximum Gasteiger partial charge on any atom is 0.224 e. The van der Waals surface area contributed by atoms with Gasteiger partial charge in [0.2, 0.25) is 5.95 Å². The summed E-state index contributed by atoms with van der Waals surface area (Å²) in [6.45, 7) is 1.02. The molecule has 1 aliphatic rings. The maximum atomic E-state index is 10.6. The smallest absolute Gasteiger partial charge is 0.224 e. The Labute approximate surface area is 132 Å². The van der Waals surface area contributed by atoms with E-state index in [0.29, 0.717) is 17.0 Å². The predicted molar refractivity (Wildman–Crippen MR) is 81.7 cm³/mol. The Balaban J connectivity index is 2.14. The number of ether oxygens (including phenoxy) is 1. The van der Waals surface area contributed by atoms with Crippen LogP contribution in [0.4, 0.5) is 11.8 Å². The normalized spacial score (nSPS) is 31.0. The molecule has 10 nitrogen and oxygen atoms in total. The van der Waals surface area contributed by atoms with Crippen LogP contribution in [0.15, 0.2) is 6.33 Å². The third kappa shape index (κ3) is 2.30. The van der Waals surface area contributed by atoms with E-state index in [2.05, 4.69) is 15.0 Å². The first-order valence-electron chi connectivity index (χ1n) is 7.11. The van der Waals surface area contributed by atoms with Gasteiger partial charge in [-0.3, -0.25) is 4.57 Å². The second kappa shape index (κ2) is 5.27. The number of imidazole rings is 1. The minimum Gasteiger partial charge on any atom is -0.394 e. The molecule has 2 aromatic heterocycles. The Bertz CT molecular complexity index is 731. The molecule has 3 heterocycles. The molecule has 0 bridgehead atoms. The van der Waals surface area contributed by atoms with Crippen molar-refractivity contribution in [2.75, 3.05) is 31.3 Å². The number of fused-ring (bicyclic) bond motifs is 1. The monoisotopic (exact) mass is 324 g/mol. The average molecular weight is 324 g/mol. The fraction of sp³-hybridized carbons (Fsp3) is 0.615. The van der Waals surface area contributed by atoms with Gasteiger partial charge >= 0.3 is 0 Å². The van der Waals surface area contributed by atoms with Gasteiger partial charge in [0.1, 0.15) is 17.8 Å². The number of nitrogens with zero attached hydrogens (tertiary/aromatic N) is 5. The molecular weight excluding hydrogens is 304 g/mol. The number of aliphatic hydroxyl groups excluding tert-OH is 2. The van der Waals surface area contributed by atoms with Crippen molar-refractivity contribution in [3.8, 4) is 0 Å². The van der Waals surface area contributed by atoms with Gasteiger partial charge < -0.3 is 30.7 Å². The standard InChI is InChI=1S/C13H20N6O4/c1-13(22)8(21)6(4-20)23-11(13)19-5-15-7-9(18(2)3)16-12(14)17-10(7)19/h5-6,8,11,20-22H,4H2,1-3H3,(H2,14,16,17)/t6-,8?,11-,13-/m1/s1. The molecule has 1 saturated heterocycles. The van der Waals surface area contributed by atoms with E-state index >= 15 is 0 Å². The fourth-order valence-corrected chi connectivity index (χ4v) is 2.79. The van der Waals surface area contributed by atoms with Crippen molar-refractivity contribution in [2.24, 2.45) is 0 Å². The number of nitrogens with two attached hydrogens (primary N) is 1. The summed E-state index contributed by atoms with van der Waals surface area (Å²) in [5.41, 5.74) is 4.99. The number of hydrogen-bond donors (Lipinski definition) is 4. The predicted octanol–water partition coefficient (Wildman–Crippen LogP) is -1.52. The van der Waals surface area contributed by atoms with E-state index in [4.69, 9.17) is 10.5 Å². The molecule has 0 spiro atoms. The lowest BCUT2D eigenvalue weighted by Gasteiger charge is -2.27. The Morgan fingerprint density at radius 3 is 2.70 bits per heavy atom. The minimum atomic E-state index is -1.63. The molecule has 0 aliphatic carbocycles. The Kier molecular flexibility index (Phi) is 3.64. The van der Waals surface area contributed by atoms with Gasteiger partial charge in [-0.05, 0) is 6.92 Å². The zero-order valence-electron chi connectivity index (χ0n) is 13.1. The molecule has 1 unspecified atom stereocenters. The van der Waals surface area contributed by atoms with E-state index < -0.39 is 30.6 Å². The summed E-state index contributed by atoms with van der Waals surface area (Å²) in [5, 5.41) is 30.0. The summed E-state index contributed by atoms with van der Waals surface area (Å²) < 4.78 is 7.07. The van der Waals surface area contributed by atoms with Crippen LogP contribution in [0.5, 0.6) is 0 Å². The van der Waals surface area contributed by atoms with E-state index in [1.54, 1.807) is 19.0 Å². The molecule has 0 aromatic carbocycles. The highest BCUT2D eigenvalue weighted by Gasteiger charge is 2.53. The summed E-state index contributed by atoms with van der Waals surface area (Å²) in [7, 11) is 3.60. The Morgan fingerprint density at radius 2 is 2.13 bits per heavy atom. The lowest BCUT2D eigenvalue weighted by molar-refractivity contribution is -0.0950. The second-order valence-electron chi connectivity index (χ2n) is 6.00. The quantitative estimate of drug-likeness (QED) is 0.529. The highest BCUT2D eigenvalue weighted by Crippen LogP contribution is 2.39. The molecule has 10 heteroatoms. The molecule has 3 rings (SSSR count). The first-order valence-corrected chi connectivity index (χ1v) is 7.11. The van der Waals surface area contributed by atoms with Gasteiger partial charge in [0, 0.05) is 14.1 Å². The van der Waals surface area contributed by atoms with Gasteiger partial charge in [0.25, 0.3) is 0 Å². The van der Waals surface area contributed by atoms with Gasteiger partial charge in [-0.1, -0.05) is 0 Å². The number of rotatable bonds is 3. The summed E-state index contributed by atoms with van der Waals surface area (Å²) in [6.07, 6.45) is -1.68. The van der Waals surface area contributed by atoms with E-state index in [0.717, 1.165) is 0 Å². The SMILES string of the molecule is CN(C)c1nc(N)nc2c1ncn2[C@@H]1O[C@H](CO)C(O)[C@@]1(C)O. The first-order chi connectivity index (χ1) is 10.8. The summed E-state index contributed by atoms with van der Waals surface area (Å²) in [6, 6.07) is 0. The Hall–Kier alpha value is -2.01. The maximum absolute atomic E-state index is 10.6. The van der Waals surface area contributed by atoms with E-state index in [9.17, 15) is 15.3 Å². The van der Waals surface area contributed by atoms with E-state index in [1.165, 1.54) is 17.8 Å². The van der Waals surface area contributed by atoms with Gasteiger partial charge in [0.05, 0.1) is 12.9 Å². The largest absolute Gasteiger partial charge is 0.394 e. The van der Waals surface area contributed by atoms with Crippen LogP contribution >= 0.6 is 0 Å². The third-order valence-electron chi connectivity index (χ3n) is 4.03. The van der Waals surface area contributed by atoms with Crippen molar-refractivity contribution in [1.82, 2.24) is 19.5 Å². The third-order valence-corrected chi connectivity index (χ3v) is 4.03. The van der Waals surface area contributed by atoms with Crippen LogP contribution in [0.1, 0.15) is 13.2 Å². The highest BCUT2D eigenvalue weighted by atomic mass is 16.6. The molecule has 126 valence electrons. The lowest BCUT2D eigenvalue weighted by atomic mass is 9.96. The number of aromatic nitrogens is 4. The van der Waals surface area contributed by atoms with Crippen molar-refractivity contribution in [1.29, 1.82) is 0 Å². The molecule has 1 fully saturated rings. The zero-order chi connectivity index (χ0) is 16.9. The van der Waals surface area contributed by atoms with Crippen molar-refractivity contribution in [2.45, 2.75) is 31.0 Å². The first kappa shape index (κ1) is 15.9. The van der Waals surface area contributed by atoms with E-state index in [1.807, 2.05) is 0 Å². The highest BCUT2D eigenvalue weighted by molar-refractivity contribution is 5.84. The molecule has 0 amide bonds. The average Bonchev–Trinajstić information content (AvgIpc) is 2.98. The van der Waals surface area contributed by atoms with Crippen molar-refractivity contribution >= 4 is 22.9 Å². The van der Waals surface area contributed by atoms with Gasteiger partial charge in [-0.2, -0.15) is 9.97 Å². The summed E-state index contributed by atoms with van der Waals surface area (Å²) >= 11 is 0. The summed E-state index contributed by atoms with van der Waals surface area (Å²) in [4.78, 5) is 14.3. The molecule has 5 N–H and O–H groups in total. The van der Waals surface area contributed by atoms with Gasteiger partial charge in [-0.25, -0.2) is 4.98 Å².